The number of carbonyl (C=O) groups is 1. The average Bonchev–Trinajstić information content (AvgIpc) is 2.75. The standard InChI is InChI=1S/C11H20N2O3S/c1-10(2,8(12)17)9(14)13-6-11(15-3)4-5-16-7-11/h4-7H2,1-3H3,(H2,12,17)(H,13,14). The predicted molar refractivity (Wildman–Crippen MR) is 68.8 cm³/mol. The SMILES string of the molecule is COC1(CNC(=O)C(C)(C)C(N)=S)CCOC1. The molecule has 0 spiro atoms. The third-order valence-corrected chi connectivity index (χ3v) is 3.77. The third-order valence-electron chi connectivity index (χ3n) is 3.25. The zero-order valence-corrected chi connectivity index (χ0v) is 11.4. The van der Waals surface area contributed by atoms with Gasteiger partial charge in [-0.25, -0.2) is 0 Å². The molecular formula is C11H20N2O3S. The van der Waals surface area contributed by atoms with Gasteiger partial charge in [0.25, 0.3) is 0 Å². The monoisotopic (exact) mass is 260 g/mol. The minimum atomic E-state index is -0.844. The number of amides is 1. The number of hydrogen-bond acceptors (Lipinski definition) is 4. The largest absolute Gasteiger partial charge is 0.392 e. The second kappa shape index (κ2) is 5.29. The number of nitrogens with one attached hydrogen (secondary N) is 1. The van der Waals surface area contributed by atoms with Crippen LogP contribution in [-0.2, 0) is 14.3 Å². The van der Waals surface area contributed by atoms with Crippen LogP contribution in [-0.4, -0.2) is 43.4 Å². The summed E-state index contributed by atoms with van der Waals surface area (Å²) in [5.41, 5.74) is 4.28. The van der Waals surface area contributed by atoms with E-state index in [2.05, 4.69) is 5.32 Å². The number of rotatable bonds is 5. The van der Waals surface area contributed by atoms with E-state index in [1.165, 1.54) is 0 Å². The first-order chi connectivity index (χ1) is 7.84. The second-order valence-electron chi connectivity index (χ2n) is 4.86. The van der Waals surface area contributed by atoms with E-state index in [9.17, 15) is 4.79 Å². The lowest BCUT2D eigenvalue weighted by atomic mass is 9.92. The van der Waals surface area contributed by atoms with Crippen LogP contribution in [0.25, 0.3) is 0 Å². The molecule has 1 rings (SSSR count). The molecule has 0 saturated carbocycles. The molecule has 1 fully saturated rings. The van der Waals surface area contributed by atoms with Crippen LogP contribution in [0, 0.1) is 5.41 Å². The normalized spacial score (nSPS) is 24.6. The summed E-state index contributed by atoms with van der Waals surface area (Å²) in [4.78, 5) is 12.1. The van der Waals surface area contributed by atoms with Gasteiger partial charge < -0.3 is 20.5 Å². The Bertz CT molecular complexity index is 312. The van der Waals surface area contributed by atoms with Crippen LogP contribution in [0.4, 0.5) is 0 Å². The molecule has 1 heterocycles. The Kier molecular flexibility index (Phi) is 4.46. The number of thiocarbonyl (C=S) groups is 1. The molecule has 6 heteroatoms. The molecular weight excluding hydrogens is 240 g/mol. The maximum Gasteiger partial charge on any atom is 0.232 e. The Morgan fingerprint density at radius 3 is 2.71 bits per heavy atom. The number of nitrogens with two attached hydrogens (primary N) is 1. The van der Waals surface area contributed by atoms with E-state index in [1.807, 2.05) is 0 Å². The molecule has 1 aliphatic heterocycles. The Labute approximate surface area is 107 Å². The van der Waals surface area contributed by atoms with Gasteiger partial charge in [0.15, 0.2) is 0 Å². The van der Waals surface area contributed by atoms with Crippen LogP contribution in [0.2, 0.25) is 0 Å². The maximum atomic E-state index is 11.9. The third kappa shape index (κ3) is 3.14. The Balaban J connectivity index is 2.56. The van der Waals surface area contributed by atoms with E-state index < -0.39 is 11.0 Å². The van der Waals surface area contributed by atoms with Crippen molar-refractivity contribution in [1.29, 1.82) is 0 Å². The minimum absolute atomic E-state index is 0.184. The van der Waals surface area contributed by atoms with E-state index in [4.69, 9.17) is 27.4 Å². The summed E-state index contributed by atoms with van der Waals surface area (Å²) in [5.74, 6) is -0.187. The van der Waals surface area contributed by atoms with Crippen molar-refractivity contribution in [2.24, 2.45) is 11.1 Å². The first-order valence-corrected chi connectivity index (χ1v) is 5.96. The van der Waals surface area contributed by atoms with Gasteiger partial charge in [-0.1, -0.05) is 12.2 Å². The molecule has 1 amide bonds. The molecule has 3 N–H and O–H groups in total. The summed E-state index contributed by atoms with van der Waals surface area (Å²) >= 11 is 4.87. The van der Waals surface area contributed by atoms with Gasteiger partial charge >= 0.3 is 0 Å². The maximum absolute atomic E-state index is 11.9. The highest BCUT2D eigenvalue weighted by Gasteiger charge is 2.37. The summed E-state index contributed by atoms with van der Waals surface area (Å²) in [6.45, 7) is 4.97. The summed E-state index contributed by atoms with van der Waals surface area (Å²) < 4.78 is 10.7. The molecule has 98 valence electrons. The van der Waals surface area contributed by atoms with Crippen molar-refractivity contribution in [3.05, 3.63) is 0 Å². The number of ether oxygens (including phenoxy) is 2. The van der Waals surface area contributed by atoms with Gasteiger partial charge in [0, 0.05) is 26.7 Å². The molecule has 0 radical (unpaired) electrons. The summed E-state index contributed by atoms with van der Waals surface area (Å²) in [6, 6.07) is 0. The summed E-state index contributed by atoms with van der Waals surface area (Å²) in [6.07, 6.45) is 0.775. The van der Waals surface area contributed by atoms with E-state index in [0.29, 0.717) is 19.8 Å². The van der Waals surface area contributed by atoms with Crippen molar-refractivity contribution < 1.29 is 14.3 Å². The molecule has 1 aliphatic rings. The molecule has 1 atom stereocenters. The fourth-order valence-corrected chi connectivity index (χ4v) is 1.63. The van der Waals surface area contributed by atoms with Crippen molar-refractivity contribution in [1.82, 2.24) is 5.32 Å². The molecule has 0 aromatic rings. The van der Waals surface area contributed by atoms with Crippen LogP contribution in [0.3, 0.4) is 0 Å². The first-order valence-electron chi connectivity index (χ1n) is 5.55. The molecule has 1 unspecified atom stereocenters. The van der Waals surface area contributed by atoms with E-state index in [0.717, 1.165) is 6.42 Å². The first kappa shape index (κ1) is 14.3. The van der Waals surface area contributed by atoms with Crippen molar-refractivity contribution in [3.63, 3.8) is 0 Å². The molecule has 17 heavy (non-hydrogen) atoms. The molecule has 5 nitrogen and oxygen atoms in total. The topological polar surface area (TPSA) is 73.6 Å². The molecule has 1 saturated heterocycles. The lowest BCUT2D eigenvalue weighted by Gasteiger charge is -2.29. The molecule has 0 aliphatic carbocycles. The van der Waals surface area contributed by atoms with Gasteiger partial charge in [0.1, 0.15) is 5.60 Å². The zero-order chi connectivity index (χ0) is 13.1. The number of hydrogen-bond donors (Lipinski definition) is 2. The molecule has 0 aromatic carbocycles. The van der Waals surface area contributed by atoms with Gasteiger partial charge in [0.2, 0.25) is 5.91 Å². The summed E-state index contributed by atoms with van der Waals surface area (Å²) in [5, 5.41) is 2.83. The van der Waals surface area contributed by atoms with E-state index in [1.54, 1.807) is 21.0 Å². The van der Waals surface area contributed by atoms with Crippen molar-refractivity contribution in [3.8, 4) is 0 Å². The van der Waals surface area contributed by atoms with E-state index in [-0.39, 0.29) is 10.9 Å². The fourth-order valence-electron chi connectivity index (χ4n) is 1.54. The van der Waals surface area contributed by atoms with Gasteiger partial charge in [-0.3, -0.25) is 4.79 Å². The number of carbonyl (C=O) groups excluding carboxylic acids is 1. The van der Waals surface area contributed by atoms with Gasteiger partial charge in [-0.15, -0.1) is 0 Å². The van der Waals surface area contributed by atoms with Crippen LogP contribution in [0.5, 0.6) is 0 Å². The lowest BCUT2D eigenvalue weighted by molar-refractivity contribution is -0.127. The quantitative estimate of drug-likeness (QED) is 0.692. The summed E-state index contributed by atoms with van der Waals surface area (Å²) in [7, 11) is 1.62. The highest BCUT2D eigenvalue weighted by Crippen LogP contribution is 2.22. The van der Waals surface area contributed by atoms with Crippen LogP contribution >= 0.6 is 12.2 Å². The lowest BCUT2D eigenvalue weighted by Crippen LogP contribution is -2.51. The van der Waals surface area contributed by atoms with Crippen LogP contribution < -0.4 is 11.1 Å². The fraction of sp³-hybridized carbons (Fsp3) is 0.818. The average molecular weight is 260 g/mol. The molecule has 0 aromatic heterocycles. The highest BCUT2D eigenvalue weighted by atomic mass is 32.1. The smallest absolute Gasteiger partial charge is 0.232 e. The van der Waals surface area contributed by atoms with Crippen molar-refractivity contribution in [2.45, 2.75) is 25.9 Å². The predicted octanol–water partition coefficient (Wildman–Crippen LogP) is 0.220. The number of methoxy groups -OCH3 is 1. The zero-order valence-electron chi connectivity index (χ0n) is 10.5. The van der Waals surface area contributed by atoms with Crippen molar-refractivity contribution >= 4 is 23.1 Å². The molecule has 0 bridgehead atoms. The Morgan fingerprint density at radius 1 is 1.65 bits per heavy atom. The van der Waals surface area contributed by atoms with Crippen LogP contribution in [0.1, 0.15) is 20.3 Å². The van der Waals surface area contributed by atoms with Gasteiger partial charge in [0.05, 0.1) is 17.0 Å². The van der Waals surface area contributed by atoms with E-state index >= 15 is 0 Å². The Morgan fingerprint density at radius 2 is 2.29 bits per heavy atom. The van der Waals surface area contributed by atoms with Gasteiger partial charge in [-0.2, -0.15) is 0 Å². The minimum Gasteiger partial charge on any atom is -0.392 e. The second-order valence-corrected chi connectivity index (χ2v) is 5.30. The van der Waals surface area contributed by atoms with Gasteiger partial charge in [-0.05, 0) is 13.8 Å². The van der Waals surface area contributed by atoms with Crippen LogP contribution in [0.15, 0.2) is 0 Å². The Hall–Kier alpha value is -0.720. The highest BCUT2D eigenvalue weighted by molar-refractivity contribution is 7.80. The van der Waals surface area contributed by atoms with Crippen molar-refractivity contribution in [2.75, 3.05) is 26.9 Å².